The van der Waals surface area contributed by atoms with Crippen molar-refractivity contribution in [2.45, 2.75) is 20.5 Å². The van der Waals surface area contributed by atoms with Crippen LogP contribution in [0.15, 0.2) is 42.5 Å². The Balaban J connectivity index is 2.22. The smallest absolute Gasteiger partial charge is 0.387 e. The first-order valence-electron chi connectivity index (χ1n) is 7.79. The van der Waals surface area contributed by atoms with Crippen molar-refractivity contribution in [1.82, 2.24) is 0 Å². The summed E-state index contributed by atoms with van der Waals surface area (Å²) < 4.78 is 39.8. The minimum atomic E-state index is -2.95. The Morgan fingerprint density at radius 1 is 1.04 bits per heavy atom. The molecule has 0 aliphatic carbocycles. The third kappa shape index (κ3) is 5.34. The second-order valence-corrected chi connectivity index (χ2v) is 4.88. The molecule has 0 spiro atoms. The summed E-state index contributed by atoms with van der Waals surface area (Å²) in [6.07, 6.45) is 0. The molecule has 25 heavy (non-hydrogen) atoms. The Labute approximate surface area is 144 Å². The average molecular weight is 351 g/mol. The van der Waals surface area contributed by atoms with E-state index in [0.717, 1.165) is 0 Å². The number of alkyl halides is 2. The van der Waals surface area contributed by atoms with Crippen LogP contribution in [0.3, 0.4) is 0 Å². The number of hydrogen-bond donors (Lipinski definition) is 1. The molecule has 1 N–H and O–H groups in total. The molecule has 0 saturated heterocycles. The van der Waals surface area contributed by atoms with Crippen LogP contribution in [-0.4, -0.2) is 25.7 Å². The Hall–Kier alpha value is -2.83. The molecule has 0 aliphatic heterocycles. The van der Waals surface area contributed by atoms with Crippen molar-refractivity contribution in [2.75, 3.05) is 18.5 Å². The van der Waals surface area contributed by atoms with Crippen LogP contribution in [0.25, 0.3) is 0 Å². The first-order chi connectivity index (χ1) is 12.0. The number of nitrogens with one attached hydrogen (secondary N) is 1. The van der Waals surface area contributed by atoms with Crippen LogP contribution in [0.4, 0.5) is 14.5 Å². The van der Waals surface area contributed by atoms with Gasteiger partial charge in [0.2, 0.25) is 0 Å². The Morgan fingerprint density at radius 2 is 1.80 bits per heavy atom. The predicted octanol–water partition coefficient (Wildman–Crippen LogP) is 4.34. The molecule has 0 radical (unpaired) electrons. The van der Waals surface area contributed by atoms with E-state index in [2.05, 4.69) is 10.1 Å². The van der Waals surface area contributed by atoms with Gasteiger partial charge < -0.3 is 19.5 Å². The molecule has 2 aromatic carbocycles. The zero-order chi connectivity index (χ0) is 18.2. The lowest BCUT2D eigenvalue weighted by Gasteiger charge is -2.14. The van der Waals surface area contributed by atoms with E-state index in [1.807, 2.05) is 13.8 Å². The predicted molar refractivity (Wildman–Crippen MR) is 89.8 cm³/mol. The van der Waals surface area contributed by atoms with E-state index >= 15 is 0 Å². The number of carbonyl (C=O) groups is 1. The highest BCUT2D eigenvalue weighted by Gasteiger charge is 2.13. The molecule has 5 nitrogen and oxygen atoms in total. The highest BCUT2D eigenvalue weighted by atomic mass is 19.3. The van der Waals surface area contributed by atoms with Crippen LogP contribution in [-0.2, 0) is 0 Å². The number of halogens is 2. The first-order valence-corrected chi connectivity index (χ1v) is 7.79. The van der Waals surface area contributed by atoms with E-state index in [1.54, 1.807) is 18.2 Å². The number of benzene rings is 2. The van der Waals surface area contributed by atoms with Gasteiger partial charge in [0.1, 0.15) is 17.2 Å². The van der Waals surface area contributed by atoms with Gasteiger partial charge in [-0.15, -0.1) is 0 Å². The Kier molecular flexibility index (Phi) is 6.56. The summed E-state index contributed by atoms with van der Waals surface area (Å²) in [6.45, 7) is 1.63. The molecule has 0 aromatic heterocycles. The lowest BCUT2D eigenvalue weighted by molar-refractivity contribution is -0.0498. The second kappa shape index (κ2) is 8.86. The van der Waals surface area contributed by atoms with Crippen molar-refractivity contribution in [2.24, 2.45) is 0 Å². The molecule has 2 rings (SSSR count). The van der Waals surface area contributed by atoms with Gasteiger partial charge in [0.15, 0.2) is 0 Å². The molecule has 0 bridgehead atoms. The maximum absolute atomic E-state index is 12.4. The van der Waals surface area contributed by atoms with Crippen LogP contribution in [0.5, 0.6) is 17.2 Å². The molecule has 7 heteroatoms. The van der Waals surface area contributed by atoms with Gasteiger partial charge in [-0.05, 0) is 44.2 Å². The summed E-state index contributed by atoms with van der Waals surface area (Å²) in [4.78, 5) is 12.4. The monoisotopic (exact) mass is 351 g/mol. The lowest BCUT2D eigenvalue weighted by Crippen LogP contribution is -2.13. The highest BCUT2D eigenvalue weighted by molar-refractivity contribution is 6.05. The van der Waals surface area contributed by atoms with Gasteiger partial charge in [0.05, 0.1) is 18.9 Å². The van der Waals surface area contributed by atoms with Crippen LogP contribution in [0, 0.1) is 0 Å². The van der Waals surface area contributed by atoms with Gasteiger partial charge in [-0.2, -0.15) is 8.78 Å². The standard InChI is InChI=1S/C18H19F2NO4/c1-3-23-13-8-9-16(24-4-2)15(11-13)21-17(22)12-6-5-7-14(10-12)25-18(19)20/h5-11,18H,3-4H2,1-2H3,(H,21,22). The fourth-order valence-corrected chi connectivity index (χ4v) is 2.15. The minimum absolute atomic E-state index is 0.0873. The lowest BCUT2D eigenvalue weighted by atomic mass is 10.2. The van der Waals surface area contributed by atoms with E-state index < -0.39 is 12.5 Å². The average Bonchev–Trinajstić information content (AvgIpc) is 2.57. The van der Waals surface area contributed by atoms with Gasteiger partial charge >= 0.3 is 6.61 Å². The van der Waals surface area contributed by atoms with Crippen molar-refractivity contribution in [1.29, 1.82) is 0 Å². The zero-order valence-electron chi connectivity index (χ0n) is 13.9. The van der Waals surface area contributed by atoms with E-state index in [0.29, 0.717) is 30.4 Å². The maximum atomic E-state index is 12.4. The molecule has 134 valence electrons. The molecule has 1 amide bonds. The number of rotatable bonds is 8. The van der Waals surface area contributed by atoms with Crippen LogP contribution in [0.2, 0.25) is 0 Å². The second-order valence-electron chi connectivity index (χ2n) is 4.88. The van der Waals surface area contributed by atoms with Gasteiger partial charge in [0, 0.05) is 11.6 Å². The molecule has 0 fully saturated rings. The van der Waals surface area contributed by atoms with Crippen molar-refractivity contribution in [3.05, 3.63) is 48.0 Å². The topological polar surface area (TPSA) is 56.8 Å². The summed E-state index contributed by atoms with van der Waals surface area (Å²) in [5.74, 6) is 0.500. The minimum Gasteiger partial charge on any atom is -0.494 e. The van der Waals surface area contributed by atoms with E-state index in [-0.39, 0.29) is 11.3 Å². The molecule has 0 atom stereocenters. The Morgan fingerprint density at radius 3 is 2.48 bits per heavy atom. The summed E-state index contributed by atoms with van der Waals surface area (Å²) in [7, 11) is 0. The number of ether oxygens (including phenoxy) is 3. The van der Waals surface area contributed by atoms with E-state index in [9.17, 15) is 13.6 Å². The van der Waals surface area contributed by atoms with Crippen LogP contribution < -0.4 is 19.5 Å². The van der Waals surface area contributed by atoms with Gasteiger partial charge in [-0.1, -0.05) is 6.07 Å². The molecular formula is C18H19F2NO4. The largest absolute Gasteiger partial charge is 0.494 e. The quantitative estimate of drug-likeness (QED) is 0.769. The zero-order valence-corrected chi connectivity index (χ0v) is 13.9. The molecule has 0 saturated carbocycles. The normalized spacial score (nSPS) is 10.4. The first kappa shape index (κ1) is 18.5. The summed E-state index contributed by atoms with van der Waals surface area (Å²) in [5, 5.41) is 2.70. The summed E-state index contributed by atoms with van der Waals surface area (Å²) >= 11 is 0. The van der Waals surface area contributed by atoms with Crippen molar-refractivity contribution < 1.29 is 27.8 Å². The molecule has 0 aliphatic rings. The van der Waals surface area contributed by atoms with Crippen LogP contribution in [0.1, 0.15) is 24.2 Å². The van der Waals surface area contributed by atoms with Crippen molar-refractivity contribution >= 4 is 11.6 Å². The number of amides is 1. The highest BCUT2D eigenvalue weighted by Crippen LogP contribution is 2.30. The van der Waals surface area contributed by atoms with E-state index in [4.69, 9.17) is 9.47 Å². The molecular weight excluding hydrogens is 332 g/mol. The van der Waals surface area contributed by atoms with Gasteiger partial charge in [0.25, 0.3) is 5.91 Å². The third-order valence-corrected chi connectivity index (χ3v) is 3.13. The molecule has 0 unspecified atom stereocenters. The Bertz CT molecular complexity index is 722. The van der Waals surface area contributed by atoms with Crippen molar-refractivity contribution in [3.63, 3.8) is 0 Å². The molecule has 2 aromatic rings. The fourth-order valence-electron chi connectivity index (χ4n) is 2.15. The van der Waals surface area contributed by atoms with Gasteiger partial charge in [-0.25, -0.2) is 0 Å². The summed E-state index contributed by atoms with van der Waals surface area (Å²) in [6, 6.07) is 10.6. The maximum Gasteiger partial charge on any atom is 0.387 e. The fraction of sp³-hybridized carbons (Fsp3) is 0.278. The van der Waals surface area contributed by atoms with E-state index in [1.165, 1.54) is 24.3 Å². The number of carbonyl (C=O) groups excluding carboxylic acids is 1. The third-order valence-electron chi connectivity index (χ3n) is 3.13. The molecule has 0 heterocycles. The number of anilines is 1. The SMILES string of the molecule is CCOc1ccc(OCC)c(NC(=O)c2cccc(OC(F)F)c2)c1. The van der Waals surface area contributed by atoms with Crippen molar-refractivity contribution in [3.8, 4) is 17.2 Å². The van der Waals surface area contributed by atoms with Gasteiger partial charge in [-0.3, -0.25) is 4.79 Å². The number of hydrogen-bond acceptors (Lipinski definition) is 4. The summed E-state index contributed by atoms with van der Waals surface area (Å²) in [5.41, 5.74) is 0.611. The van der Waals surface area contributed by atoms with Crippen LogP contribution >= 0.6 is 0 Å².